The van der Waals surface area contributed by atoms with Crippen LogP contribution in [-0.2, 0) is 4.79 Å². The van der Waals surface area contributed by atoms with Crippen LogP contribution in [0.4, 0.5) is 0 Å². The second kappa shape index (κ2) is 7.54. The molecule has 1 aromatic carbocycles. The molecular formula is C23H34O3. The van der Waals surface area contributed by atoms with E-state index in [-0.39, 0.29) is 5.78 Å². The van der Waals surface area contributed by atoms with E-state index in [1.807, 2.05) is 39.8 Å². The quantitative estimate of drug-likeness (QED) is 0.619. The van der Waals surface area contributed by atoms with E-state index in [9.17, 15) is 14.7 Å². The van der Waals surface area contributed by atoms with Gasteiger partial charge >= 0.3 is 5.97 Å². The number of carboxylic acids is 1. The third-order valence-electron chi connectivity index (χ3n) is 6.55. The van der Waals surface area contributed by atoms with Gasteiger partial charge < -0.3 is 5.11 Å². The highest BCUT2D eigenvalue weighted by molar-refractivity contribution is 6.06. The summed E-state index contributed by atoms with van der Waals surface area (Å²) in [6.45, 7) is 12.0. The van der Waals surface area contributed by atoms with Crippen molar-refractivity contribution in [2.24, 2.45) is 16.7 Å². The smallest absolute Gasteiger partial charge is 0.310 e. The minimum atomic E-state index is -1.02. The van der Waals surface area contributed by atoms with Crippen LogP contribution in [0.1, 0.15) is 86.3 Å². The van der Waals surface area contributed by atoms with Crippen LogP contribution < -0.4 is 0 Å². The molecule has 1 atom stereocenters. The van der Waals surface area contributed by atoms with Crippen molar-refractivity contribution < 1.29 is 14.7 Å². The molecular weight excluding hydrogens is 324 g/mol. The molecule has 0 aliphatic heterocycles. The first kappa shape index (κ1) is 20.7. The third kappa shape index (κ3) is 3.45. The first-order valence-electron chi connectivity index (χ1n) is 9.91. The predicted molar refractivity (Wildman–Crippen MR) is 106 cm³/mol. The van der Waals surface area contributed by atoms with Gasteiger partial charge in [0.2, 0.25) is 0 Å². The Morgan fingerprint density at radius 2 is 1.62 bits per heavy atom. The highest BCUT2D eigenvalue weighted by atomic mass is 16.4. The molecule has 0 aromatic heterocycles. The van der Waals surface area contributed by atoms with Crippen LogP contribution in [0.15, 0.2) is 12.1 Å². The Morgan fingerprint density at radius 3 is 2.04 bits per heavy atom. The summed E-state index contributed by atoms with van der Waals surface area (Å²) in [5.41, 5.74) is 2.01. The number of aliphatic carboxylic acids is 1. The van der Waals surface area contributed by atoms with E-state index in [0.717, 1.165) is 41.5 Å². The minimum absolute atomic E-state index is 0.0543. The zero-order valence-electron chi connectivity index (χ0n) is 17.2. The fraction of sp³-hybridized carbons (Fsp3) is 0.652. The van der Waals surface area contributed by atoms with Crippen LogP contribution in [0.2, 0.25) is 0 Å². The molecule has 0 heterocycles. The van der Waals surface area contributed by atoms with Gasteiger partial charge in [0.05, 0.1) is 5.41 Å². The zero-order valence-corrected chi connectivity index (χ0v) is 17.2. The molecule has 3 nitrogen and oxygen atoms in total. The fourth-order valence-corrected chi connectivity index (χ4v) is 4.91. The maximum atomic E-state index is 13.9. The molecule has 1 aromatic rings. The molecule has 0 amide bonds. The Morgan fingerprint density at radius 1 is 1.12 bits per heavy atom. The van der Waals surface area contributed by atoms with Gasteiger partial charge in [-0.1, -0.05) is 44.4 Å². The Kier molecular flexibility index (Phi) is 5.99. The average molecular weight is 359 g/mol. The van der Waals surface area contributed by atoms with Gasteiger partial charge in [0.15, 0.2) is 5.78 Å². The molecule has 26 heavy (non-hydrogen) atoms. The van der Waals surface area contributed by atoms with E-state index >= 15 is 0 Å². The molecule has 144 valence electrons. The Hall–Kier alpha value is -1.64. The first-order valence-corrected chi connectivity index (χ1v) is 9.91. The molecule has 0 bridgehead atoms. The number of carbonyl (C=O) groups is 2. The number of benzene rings is 1. The lowest BCUT2D eigenvalue weighted by molar-refractivity contribution is -0.155. The summed E-state index contributed by atoms with van der Waals surface area (Å²) < 4.78 is 0. The first-order chi connectivity index (χ1) is 12.0. The Bertz CT molecular complexity index is 672. The normalized spacial score (nSPS) is 18.7. The summed E-state index contributed by atoms with van der Waals surface area (Å²) in [5, 5.41) is 10.2. The number of carboxylic acid groups (broad SMARTS) is 1. The SMILES string of the molecule is Cc1cc(C)c(C(=O)C2(C(C)(CCC(C)C)C(=O)O)CCCC2)c(C)c1. The molecule has 1 fully saturated rings. The van der Waals surface area contributed by atoms with Crippen molar-refractivity contribution >= 4 is 11.8 Å². The summed E-state index contributed by atoms with van der Waals surface area (Å²) in [6.07, 6.45) is 4.60. The van der Waals surface area contributed by atoms with Crippen LogP contribution in [0.3, 0.4) is 0 Å². The van der Waals surface area contributed by atoms with Gasteiger partial charge in [-0.05, 0) is 70.4 Å². The lowest BCUT2D eigenvalue weighted by atomic mass is 9.57. The summed E-state index contributed by atoms with van der Waals surface area (Å²) in [5.74, 6) is -0.348. The molecule has 2 rings (SSSR count). The number of aryl methyl sites for hydroxylation is 3. The van der Waals surface area contributed by atoms with Crippen molar-refractivity contribution in [2.45, 2.75) is 80.1 Å². The van der Waals surface area contributed by atoms with Crippen LogP contribution in [0.25, 0.3) is 0 Å². The van der Waals surface area contributed by atoms with Crippen LogP contribution in [0, 0.1) is 37.5 Å². The zero-order chi connectivity index (χ0) is 19.7. The van der Waals surface area contributed by atoms with Crippen molar-refractivity contribution in [3.63, 3.8) is 0 Å². The van der Waals surface area contributed by atoms with Crippen LogP contribution >= 0.6 is 0 Å². The van der Waals surface area contributed by atoms with Crippen molar-refractivity contribution in [3.05, 3.63) is 34.4 Å². The molecule has 1 N–H and O–H groups in total. The summed E-state index contributed by atoms with van der Waals surface area (Å²) in [7, 11) is 0. The van der Waals surface area contributed by atoms with Gasteiger partial charge in [-0.3, -0.25) is 9.59 Å². The van der Waals surface area contributed by atoms with Gasteiger partial charge in [-0.15, -0.1) is 0 Å². The summed E-state index contributed by atoms with van der Waals surface area (Å²) in [4.78, 5) is 26.3. The number of hydrogen-bond donors (Lipinski definition) is 1. The number of rotatable bonds is 7. The van der Waals surface area contributed by atoms with E-state index in [0.29, 0.717) is 25.2 Å². The fourth-order valence-electron chi connectivity index (χ4n) is 4.91. The number of hydrogen-bond acceptors (Lipinski definition) is 2. The highest BCUT2D eigenvalue weighted by Crippen LogP contribution is 2.56. The lowest BCUT2D eigenvalue weighted by Crippen LogP contribution is -2.50. The van der Waals surface area contributed by atoms with E-state index in [1.54, 1.807) is 0 Å². The van der Waals surface area contributed by atoms with E-state index in [4.69, 9.17) is 0 Å². The molecule has 1 aliphatic carbocycles. The average Bonchev–Trinajstić information content (AvgIpc) is 3.02. The molecule has 1 aliphatic rings. The molecule has 0 radical (unpaired) electrons. The predicted octanol–water partition coefficient (Wildman–Crippen LogP) is 5.88. The van der Waals surface area contributed by atoms with Crippen LogP contribution in [0.5, 0.6) is 0 Å². The standard InChI is InChI=1S/C23H34O3/c1-15(2)9-12-22(6,21(25)26)23(10-7-8-11-23)20(24)19-17(4)13-16(3)14-18(19)5/h13-15H,7-12H2,1-6H3,(H,25,26). The maximum absolute atomic E-state index is 13.9. The van der Waals surface area contributed by atoms with Gasteiger partial charge in [0.25, 0.3) is 0 Å². The maximum Gasteiger partial charge on any atom is 0.310 e. The number of ketones is 1. The van der Waals surface area contributed by atoms with Gasteiger partial charge in [0, 0.05) is 11.0 Å². The largest absolute Gasteiger partial charge is 0.481 e. The molecule has 1 unspecified atom stereocenters. The highest BCUT2D eigenvalue weighted by Gasteiger charge is 2.58. The number of Topliss-reactive ketones (excluding diaryl/α,β-unsaturated/α-hetero) is 1. The second-order valence-corrected chi connectivity index (χ2v) is 8.96. The van der Waals surface area contributed by atoms with Gasteiger partial charge in [0.1, 0.15) is 0 Å². The Labute approximate surface area is 158 Å². The topological polar surface area (TPSA) is 54.4 Å². The molecule has 0 saturated heterocycles. The monoisotopic (exact) mass is 358 g/mol. The minimum Gasteiger partial charge on any atom is -0.481 e. The third-order valence-corrected chi connectivity index (χ3v) is 6.55. The van der Waals surface area contributed by atoms with Crippen LogP contribution in [-0.4, -0.2) is 16.9 Å². The number of carbonyl (C=O) groups excluding carboxylic acids is 1. The summed E-state index contributed by atoms with van der Waals surface area (Å²) in [6, 6.07) is 4.07. The Balaban J connectivity index is 2.59. The van der Waals surface area contributed by atoms with Crippen molar-refractivity contribution in [1.82, 2.24) is 0 Å². The van der Waals surface area contributed by atoms with E-state index < -0.39 is 16.8 Å². The second-order valence-electron chi connectivity index (χ2n) is 8.96. The summed E-state index contributed by atoms with van der Waals surface area (Å²) >= 11 is 0. The van der Waals surface area contributed by atoms with Crippen molar-refractivity contribution in [1.29, 1.82) is 0 Å². The molecule has 3 heteroatoms. The van der Waals surface area contributed by atoms with Crippen molar-refractivity contribution in [3.8, 4) is 0 Å². The van der Waals surface area contributed by atoms with Gasteiger partial charge in [-0.2, -0.15) is 0 Å². The van der Waals surface area contributed by atoms with Crippen molar-refractivity contribution in [2.75, 3.05) is 0 Å². The lowest BCUT2D eigenvalue weighted by Gasteiger charge is -2.43. The molecule has 0 spiro atoms. The molecule has 1 saturated carbocycles. The van der Waals surface area contributed by atoms with E-state index in [2.05, 4.69) is 13.8 Å². The van der Waals surface area contributed by atoms with E-state index in [1.165, 1.54) is 0 Å². The van der Waals surface area contributed by atoms with Gasteiger partial charge in [-0.25, -0.2) is 0 Å².